The normalized spacial score (nSPS) is 18.6. The number of aliphatic hydroxyl groups excluding tert-OH is 1. The number of amides is 1. The first-order valence-corrected chi connectivity index (χ1v) is 7.47. The lowest BCUT2D eigenvalue weighted by Crippen LogP contribution is -2.45. The van der Waals surface area contributed by atoms with E-state index in [4.69, 9.17) is 17.0 Å². The summed E-state index contributed by atoms with van der Waals surface area (Å²) in [7, 11) is 0. The SMILES string of the molecule is C=CCOC(=O)N1CC=C(c2csc(=S)[nH]2)C[C@H]1CO. The summed E-state index contributed by atoms with van der Waals surface area (Å²) in [6.07, 6.45) is 3.61. The molecule has 20 heavy (non-hydrogen) atoms. The van der Waals surface area contributed by atoms with Gasteiger partial charge < -0.3 is 14.8 Å². The van der Waals surface area contributed by atoms with Gasteiger partial charge in [0.25, 0.3) is 0 Å². The average Bonchev–Trinajstić information content (AvgIpc) is 2.90. The molecule has 2 N–H and O–H groups in total. The van der Waals surface area contributed by atoms with Gasteiger partial charge in [-0.15, -0.1) is 11.3 Å². The van der Waals surface area contributed by atoms with Crippen LogP contribution in [0, 0.1) is 3.95 Å². The number of aromatic amines is 1. The third-order valence-electron chi connectivity index (χ3n) is 3.07. The Morgan fingerprint density at radius 3 is 3.15 bits per heavy atom. The van der Waals surface area contributed by atoms with E-state index in [-0.39, 0.29) is 19.3 Å². The van der Waals surface area contributed by atoms with Gasteiger partial charge in [0.1, 0.15) is 6.61 Å². The third kappa shape index (κ3) is 3.36. The van der Waals surface area contributed by atoms with Crippen LogP contribution >= 0.6 is 23.6 Å². The summed E-state index contributed by atoms with van der Waals surface area (Å²) < 4.78 is 5.73. The molecule has 5 nitrogen and oxygen atoms in total. The minimum absolute atomic E-state index is 0.106. The lowest BCUT2D eigenvalue weighted by molar-refractivity contribution is 0.0804. The zero-order valence-corrected chi connectivity index (χ0v) is 12.5. The Bertz CT molecular complexity index is 576. The van der Waals surface area contributed by atoms with E-state index in [2.05, 4.69) is 11.6 Å². The van der Waals surface area contributed by atoms with Crippen molar-refractivity contribution in [1.29, 1.82) is 0 Å². The number of carbonyl (C=O) groups excluding carboxylic acids is 1. The van der Waals surface area contributed by atoms with Crippen molar-refractivity contribution in [2.45, 2.75) is 12.5 Å². The van der Waals surface area contributed by atoms with Gasteiger partial charge in [-0.2, -0.15) is 0 Å². The zero-order valence-electron chi connectivity index (χ0n) is 10.9. The van der Waals surface area contributed by atoms with Crippen LogP contribution in [-0.2, 0) is 4.74 Å². The summed E-state index contributed by atoms with van der Waals surface area (Å²) in [5.41, 5.74) is 2.02. The predicted molar refractivity (Wildman–Crippen MR) is 81.2 cm³/mol. The standard InChI is InChI=1S/C13H16N2O3S2/c1-2-5-18-13(17)15-4-3-9(6-10(15)7-16)11-8-20-12(19)14-11/h2-3,8,10,16H,1,4-7H2,(H,14,19)/t10-/m0/s1. The molecule has 2 rings (SSSR count). The number of ether oxygens (including phenoxy) is 1. The number of H-pyrrole nitrogens is 1. The van der Waals surface area contributed by atoms with Gasteiger partial charge in [-0.05, 0) is 24.2 Å². The smallest absolute Gasteiger partial charge is 0.410 e. The van der Waals surface area contributed by atoms with Gasteiger partial charge in [-0.25, -0.2) is 4.79 Å². The van der Waals surface area contributed by atoms with E-state index in [1.54, 1.807) is 0 Å². The molecule has 0 radical (unpaired) electrons. The average molecular weight is 312 g/mol. The van der Waals surface area contributed by atoms with Gasteiger partial charge in [0, 0.05) is 11.9 Å². The lowest BCUT2D eigenvalue weighted by atomic mass is 9.99. The molecule has 1 amide bonds. The second-order valence-electron chi connectivity index (χ2n) is 4.35. The van der Waals surface area contributed by atoms with Crippen LogP contribution in [0.1, 0.15) is 12.1 Å². The van der Waals surface area contributed by atoms with Crippen LogP contribution in [0.4, 0.5) is 4.79 Å². The van der Waals surface area contributed by atoms with Gasteiger partial charge in [0.2, 0.25) is 0 Å². The third-order valence-corrected chi connectivity index (χ3v) is 4.13. The number of rotatable bonds is 4. The maximum atomic E-state index is 11.9. The lowest BCUT2D eigenvalue weighted by Gasteiger charge is -2.33. The van der Waals surface area contributed by atoms with Crippen molar-refractivity contribution >= 4 is 35.2 Å². The van der Waals surface area contributed by atoms with Gasteiger partial charge in [-0.3, -0.25) is 4.90 Å². The van der Waals surface area contributed by atoms with Crippen molar-refractivity contribution in [2.75, 3.05) is 19.8 Å². The van der Waals surface area contributed by atoms with Crippen LogP contribution in [0.15, 0.2) is 24.1 Å². The second-order valence-corrected chi connectivity index (χ2v) is 5.90. The highest BCUT2D eigenvalue weighted by Crippen LogP contribution is 2.27. The fraction of sp³-hybridized carbons (Fsp3) is 0.385. The highest BCUT2D eigenvalue weighted by Gasteiger charge is 2.28. The first-order chi connectivity index (χ1) is 9.65. The van der Waals surface area contributed by atoms with Crippen LogP contribution in [0.3, 0.4) is 0 Å². The van der Waals surface area contributed by atoms with Crippen molar-refractivity contribution < 1.29 is 14.6 Å². The van der Waals surface area contributed by atoms with Crippen LogP contribution in [0.25, 0.3) is 5.57 Å². The van der Waals surface area contributed by atoms with Crippen LogP contribution in [0.2, 0.25) is 0 Å². The number of carbonyl (C=O) groups is 1. The molecule has 2 heterocycles. The number of nitrogens with zero attached hydrogens (tertiary/aromatic N) is 1. The molecule has 0 unspecified atom stereocenters. The second kappa shape index (κ2) is 6.83. The molecular formula is C13H16N2O3S2. The Hall–Kier alpha value is -1.44. The molecule has 1 aliphatic heterocycles. The fourth-order valence-electron chi connectivity index (χ4n) is 2.06. The number of thiazole rings is 1. The highest BCUT2D eigenvalue weighted by molar-refractivity contribution is 7.73. The molecule has 0 aliphatic carbocycles. The van der Waals surface area contributed by atoms with E-state index in [0.29, 0.717) is 16.9 Å². The summed E-state index contributed by atoms with van der Waals surface area (Å²) >= 11 is 6.53. The summed E-state index contributed by atoms with van der Waals surface area (Å²) in [6, 6.07) is -0.283. The molecule has 0 saturated heterocycles. The zero-order chi connectivity index (χ0) is 14.5. The Balaban J connectivity index is 2.12. The van der Waals surface area contributed by atoms with Crippen molar-refractivity contribution in [3.63, 3.8) is 0 Å². The number of hydrogen-bond donors (Lipinski definition) is 2. The van der Waals surface area contributed by atoms with Crippen molar-refractivity contribution in [3.05, 3.63) is 33.8 Å². The molecule has 0 spiro atoms. The summed E-state index contributed by atoms with van der Waals surface area (Å²) in [4.78, 5) is 16.5. The largest absolute Gasteiger partial charge is 0.445 e. The summed E-state index contributed by atoms with van der Waals surface area (Å²) in [6.45, 7) is 3.97. The van der Waals surface area contributed by atoms with Crippen LogP contribution < -0.4 is 0 Å². The van der Waals surface area contributed by atoms with Crippen LogP contribution in [-0.4, -0.2) is 46.9 Å². The van der Waals surface area contributed by atoms with Crippen molar-refractivity contribution in [1.82, 2.24) is 9.88 Å². The summed E-state index contributed by atoms with van der Waals surface area (Å²) in [5.74, 6) is 0. The molecule has 7 heteroatoms. The van der Waals surface area contributed by atoms with E-state index in [9.17, 15) is 9.90 Å². The quantitative estimate of drug-likeness (QED) is 0.662. The number of nitrogens with one attached hydrogen (secondary N) is 1. The molecule has 0 aromatic carbocycles. The van der Waals surface area contributed by atoms with Crippen molar-refractivity contribution in [2.24, 2.45) is 0 Å². The predicted octanol–water partition coefficient (Wildman–Crippen LogP) is 2.58. The van der Waals surface area contributed by atoms with E-state index in [1.807, 2.05) is 11.5 Å². The maximum absolute atomic E-state index is 11.9. The molecule has 1 atom stereocenters. The topological polar surface area (TPSA) is 65.6 Å². The van der Waals surface area contributed by atoms with E-state index in [1.165, 1.54) is 22.3 Å². The molecule has 1 aliphatic rings. The van der Waals surface area contributed by atoms with E-state index >= 15 is 0 Å². The van der Waals surface area contributed by atoms with E-state index in [0.717, 1.165) is 11.3 Å². The Labute approximate surface area is 126 Å². The number of aromatic nitrogens is 1. The monoisotopic (exact) mass is 312 g/mol. The maximum Gasteiger partial charge on any atom is 0.410 e. The molecule has 0 fully saturated rings. The molecule has 0 bridgehead atoms. The van der Waals surface area contributed by atoms with Crippen LogP contribution in [0.5, 0.6) is 0 Å². The molecular weight excluding hydrogens is 296 g/mol. The Morgan fingerprint density at radius 2 is 2.55 bits per heavy atom. The first kappa shape index (κ1) is 15.0. The summed E-state index contributed by atoms with van der Waals surface area (Å²) in [5, 5.41) is 11.4. The Kier molecular flexibility index (Phi) is 5.11. The van der Waals surface area contributed by atoms with E-state index < -0.39 is 6.09 Å². The number of hydrogen-bond acceptors (Lipinski definition) is 5. The van der Waals surface area contributed by atoms with Gasteiger partial charge in [-0.1, -0.05) is 18.7 Å². The van der Waals surface area contributed by atoms with Gasteiger partial charge in [0.05, 0.1) is 18.3 Å². The van der Waals surface area contributed by atoms with Gasteiger partial charge >= 0.3 is 6.09 Å². The van der Waals surface area contributed by atoms with Gasteiger partial charge in [0.15, 0.2) is 3.95 Å². The first-order valence-electron chi connectivity index (χ1n) is 6.18. The number of aliphatic hydroxyl groups is 1. The highest BCUT2D eigenvalue weighted by atomic mass is 32.1. The van der Waals surface area contributed by atoms with Crippen molar-refractivity contribution in [3.8, 4) is 0 Å². The minimum Gasteiger partial charge on any atom is -0.445 e. The molecule has 108 valence electrons. The molecule has 1 aromatic heterocycles. The Morgan fingerprint density at radius 1 is 1.75 bits per heavy atom. The minimum atomic E-state index is -0.433. The molecule has 1 aromatic rings. The molecule has 0 saturated carbocycles. The fourth-order valence-corrected chi connectivity index (χ4v) is 2.92.